The fourth-order valence-corrected chi connectivity index (χ4v) is 3.42. The Morgan fingerprint density at radius 3 is 2.58 bits per heavy atom. The molecule has 1 aliphatic heterocycles. The minimum atomic E-state index is -0.421. The van der Waals surface area contributed by atoms with Crippen LogP contribution in [0.5, 0.6) is 5.75 Å². The van der Waals surface area contributed by atoms with Crippen LogP contribution in [0.1, 0.15) is 38.7 Å². The van der Waals surface area contributed by atoms with E-state index in [1.54, 1.807) is 7.11 Å². The molecule has 178 valence electrons. The number of halogens is 1. The second-order valence-corrected chi connectivity index (χ2v) is 8.01. The molecule has 0 bridgehead atoms. The summed E-state index contributed by atoms with van der Waals surface area (Å²) in [5.74, 6) is 2.35. The van der Waals surface area contributed by atoms with Crippen molar-refractivity contribution in [3.05, 3.63) is 29.8 Å². The number of guanidine groups is 1. The molecule has 8 heteroatoms. The zero-order chi connectivity index (χ0) is 21.6. The molecule has 0 spiro atoms. The van der Waals surface area contributed by atoms with Crippen molar-refractivity contribution < 1.29 is 14.6 Å². The number of methoxy groups -OCH3 is 1. The van der Waals surface area contributed by atoms with Crippen LogP contribution in [-0.2, 0) is 11.3 Å². The monoisotopic (exact) mass is 548 g/mol. The van der Waals surface area contributed by atoms with E-state index in [1.165, 1.54) is 12.8 Å². The van der Waals surface area contributed by atoms with Crippen molar-refractivity contribution >= 4 is 29.9 Å². The lowest BCUT2D eigenvalue weighted by atomic mass is 9.99. The summed E-state index contributed by atoms with van der Waals surface area (Å²) in [5, 5.41) is 17.1. The van der Waals surface area contributed by atoms with Gasteiger partial charge < -0.3 is 30.1 Å². The fraction of sp³-hybridized carbons (Fsp3) is 0.696. The number of aliphatic hydroxyl groups excluding tert-OH is 1. The Labute approximate surface area is 205 Å². The van der Waals surface area contributed by atoms with Gasteiger partial charge in [-0.15, -0.1) is 24.0 Å². The highest BCUT2D eigenvalue weighted by Gasteiger charge is 2.18. The van der Waals surface area contributed by atoms with Crippen LogP contribution in [0, 0.1) is 5.92 Å². The van der Waals surface area contributed by atoms with E-state index >= 15 is 0 Å². The number of ether oxygens (including phenoxy) is 2. The average Bonchev–Trinajstić information content (AvgIpc) is 2.77. The molecular weight excluding hydrogens is 507 g/mol. The third-order valence-corrected chi connectivity index (χ3v) is 5.39. The predicted octanol–water partition coefficient (Wildman–Crippen LogP) is 2.87. The topological polar surface area (TPSA) is 78.3 Å². The first-order chi connectivity index (χ1) is 14.6. The predicted molar refractivity (Wildman–Crippen MR) is 138 cm³/mol. The largest absolute Gasteiger partial charge is 0.497 e. The van der Waals surface area contributed by atoms with Crippen molar-refractivity contribution in [2.45, 2.75) is 45.8 Å². The molecule has 0 aromatic heterocycles. The van der Waals surface area contributed by atoms with Crippen LogP contribution in [-0.4, -0.2) is 75.1 Å². The first kappa shape index (κ1) is 27.9. The normalized spacial score (nSPS) is 16.5. The van der Waals surface area contributed by atoms with Gasteiger partial charge in [-0.3, -0.25) is 0 Å². The molecule has 0 radical (unpaired) electrons. The first-order valence-electron chi connectivity index (χ1n) is 11.2. The van der Waals surface area contributed by atoms with Crippen molar-refractivity contribution in [1.29, 1.82) is 0 Å². The maximum Gasteiger partial charge on any atom is 0.191 e. The number of piperidine rings is 1. The summed E-state index contributed by atoms with van der Waals surface area (Å²) >= 11 is 0. The van der Waals surface area contributed by atoms with Gasteiger partial charge in [-0.25, -0.2) is 4.99 Å². The van der Waals surface area contributed by atoms with Gasteiger partial charge in [-0.2, -0.15) is 0 Å². The first-order valence-corrected chi connectivity index (χ1v) is 11.2. The Bertz CT molecular complexity index is 607. The molecule has 1 atom stereocenters. The molecule has 3 N–H and O–H groups in total. The van der Waals surface area contributed by atoms with E-state index in [0.717, 1.165) is 56.5 Å². The van der Waals surface area contributed by atoms with E-state index in [9.17, 15) is 5.11 Å². The Kier molecular flexibility index (Phi) is 14.9. The number of benzene rings is 1. The van der Waals surface area contributed by atoms with Crippen molar-refractivity contribution in [2.75, 3.05) is 53.0 Å². The molecule has 1 heterocycles. The highest BCUT2D eigenvalue weighted by molar-refractivity contribution is 14.0. The number of likely N-dealkylation sites (tertiary alicyclic amines) is 1. The zero-order valence-corrected chi connectivity index (χ0v) is 21.6. The van der Waals surface area contributed by atoms with Crippen molar-refractivity contribution in [3.63, 3.8) is 0 Å². The van der Waals surface area contributed by atoms with E-state index in [2.05, 4.69) is 27.4 Å². The number of aliphatic imine (C=N–C) groups is 1. The SMILES string of the molecule is CCOCCCNC(=NCc1ccc(OC)cc1)NCC(O)CN1CCC(C)CC1.I. The molecule has 1 aliphatic rings. The van der Waals surface area contributed by atoms with Gasteiger partial charge >= 0.3 is 0 Å². The third-order valence-electron chi connectivity index (χ3n) is 5.39. The van der Waals surface area contributed by atoms with E-state index in [1.807, 2.05) is 31.2 Å². The second kappa shape index (κ2) is 16.5. The number of rotatable bonds is 12. The van der Waals surface area contributed by atoms with Gasteiger partial charge in [0.1, 0.15) is 5.75 Å². The summed E-state index contributed by atoms with van der Waals surface area (Å²) in [4.78, 5) is 7.04. The Morgan fingerprint density at radius 2 is 1.94 bits per heavy atom. The lowest BCUT2D eigenvalue weighted by Crippen LogP contribution is -2.46. The minimum absolute atomic E-state index is 0. The van der Waals surface area contributed by atoms with Crippen LogP contribution in [0.2, 0.25) is 0 Å². The Hall–Kier alpha value is -1.10. The molecule has 7 nitrogen and oxygen atoms in total. The maximum absolute atomic E-state index is 10.5. The van der Waals surface area contributed by atoms with E-state index in [4.69, 9.17) is 9.47 Å². The van der Waals surface area contributed by atoms with Crippen molar-refractivity contribution in [3.8, 4) is 5.75 Å². The number of nitrogens with one attached hydrogen (secondary N) is 2. The number of hydrogen-bond donors (Lipinski definition) is 3. The van der Waals surface area contributed by atoms with Crippen LogP contribution in [0.15, 0.2) is 29.3 Å². The molecule has 1 fully saturated rings. The third kappa shape index (κ3) is 11.9. The van der Waals surface area contributed by atoms with Crippen LogP contribution in [0.3, 0.4) is 0 Å². The van der Waals surface area contributed by atoms with Crippen LogP contribution in [0.4, 0.5) is 0 Å². The number of hydrogen-bond acceptors (Lipinski definition) is 5. The van der Waals surface area contributed by atoms with Gasteiger partial charge in [0.15, 0.2) is 5.96 Å². The molecule has 0 amide bonds. The van der Waals surface area contributed by atoms with Crippen LogP contribution in [0.25, 0.3) is 0 Å². The standard InChI is InChI=1S/C23H40N4O3.HI/c1-4-30-15-5-12-24-23(25-16-20-6-8-22(29-3)9-7-20)26-17-21(28)18-27-13-10-19(2)11-14-27;/h6-9,19,21,28H,4-5,10-18H2,1-3H3,(H2,24,25,26);1H. The highest BCUT2D eigenvalue weighted by atomic mass is 127. The lowest BCUT2D eigenvalue weighted by molar-refractivity contribution is 0.0936. The molecule has 0 saturated carbocycles. The second-order valence-electron chi connectivity index (χ2n) is 8.01. The van der Waals surface area contributed by atoms with Gasteiger partial charge in [0.2, 0.25) is 0 Å². The molecule has 1 aromatic rings. The smallest absolute Gasteiger partial charge is 0.191 e. The summed E-state index contributed by atoms with van der Waals surface area (Å²) in [6.07, 6.45) is 2.92. The Morgan fingerprint density at radius 1 is 1.23 bits per heavy atom. The van der Waals surface area contributed by atoms with Crippen molar-refractivity contribution in [2.24, 2.45) is 10.9 Å². The quantitative estimate of drug-likeness (QED) is 0.162. The van der Waals surface area contributed by atoms with Crippen LogP contribution >= 0.6 is 24.0 Å². The average molecular weight is 549 g/mol. The molecule has 1 aromatic carbocycles. The molecule has 31 heavy (non-hydrogen) atoms. The molecule has 0 aliphatic carbocycles. The molecule has 1 unspecified atom stereocenters. The van der Waals surface area contributed by atoms with Gasteiger partial charge in [-0.1, -0.05) is 19.1 Å². The molecular formula is C23H41IN4O3. The number of nitrogens with zero attached hydrogens (tertiary/aromatic N) is 2. The maximum atomic E-state index is 10.5. The van der Waals surface area contributed by atoms with Gasteiger partial charge in [0.25, 0.3) is 0 Å². The molecule has 2 rings (SSSR count). The summed E-state index contributed by atoms with van der Waals surface area (Å²) in [6.45, 7) is 10.4. The van der Waals surface area contributed by atoms with Gasteiger partial charge in [-0.05, 0) is 62.9 Å². The van der Waals surface area contributed by atoms with Gasteiger partial charge in [0.05, 0.1) is 19.8 Å². The van der Waals surface area contributed by atoms with E-state index in [-0.39, 0.29) is 24.0 Å². The van der Waals surface area contributed by atoms with Gasteiger partial charge in [0, 0.05) is 32.8 Å². The minimum Gasteiger partial charge on any atom is -0.497 e. The lowest BCUT2D eigenvalue weighted by Gasteiger charge is -2.31. The highest BCUT2D eigenvalue weighted by Crippen LogP contribution is 2.16. The van der Waals surface area contributed by atoms with Crippen LogP contribution < -0.4 is 15.4 Å². The summed E-state index contributed by atoms with van der Waals surface area (Å²) in [5.41, 5.74) is 1.11. The van der Waals surface area contributed by atoms with E-state index in [0.29, 0.717) is 25.6 Å². The molecule has 1 saturated heterocycles. The van der Waals surface area contributed by atoms with E-state index < -0.39 is 6.10 Å². The fourth-order valence-electron chi connectivity index (χ4n) is 3.42. The number of aliphatic hydroxyl groups is 1. The summed E-state index contributed by atoms with van der Waals surface area (Å²) < 4.78 is 10.6. The zero-order valence-electron chi connectivity index (χ0n) is 19.3. The Balaban J connectivity index is 0.00000480. The van der Waals surface area contributed by atoms with Crippen molar-refractivity contribution in [1.82, 2.24) is 15.5 Å². The summed E-state index contributed by atoms with van der Waals surface area (Å²) in [6, 6.07) is 7.91. The summed E-state index contributed by atoms with van der Waals surface area (Å²) in [7, 11) is 1.66. The number of β-amino-alcohol motifs (C(OH)–C–C–N with tert-alkyl or cyclic N) is 1.